The van der Waals surface area contributed by atoms with Gasteiger partial charge in [0.15, 0.2) is 0 Å². The van der Waals surface area contributed by atoms with Crippen molar-refractivity contribution in [2.24, 2.45) is 0 Å². The van der Waals surface area contributed by atoms with Crippen molar-refractivity contribution in [3.8, 4) is 0 Å². The maximum Gasteiger partial charge on any atom is 0.267 e. The zero-order valence-corrected chi connectivity index (χ0v) is 8.14. The predicted molar refractivity (Wildman–Crippen MR) is 46.9 cm³/mol. The molecule has 1 aromatic heterocycles. The fourth-order valence-electron chi connectivity index (χ4n) is 0.797. The van der Waals surface area contributed by atoms with Crippen LogP contribution < -0.4 is 5.56 Å². The highest BCUT2D eigenvalue weighted by Crippen LogP contribution is 2.05. The number of rotatable bonds is 2. The topological polar surface area (TPSA) is 34.9 Å². The molecule has 0 atom stereocenters. The summed E-state index contributed by atoms with van der Waals surface area (Å²) >= 11 is 3.08. The molecule has 3 nitrogen and oxygen atoms in total. The molecule has 0 aliphatic rings. The molecule has 1 heterocycles. The number of aromatic nitrogens is 2. The van der Waals surface area contributed by atoms with Crippen molar-refractivity contribution in [2.45, 2.75) is 13.5 Å². The summed E-state index contributed by atoms with van der Waals surface area (Å²) in [5.41, 5.74) is 0.384. The lowest BCUT2D eigenvalue weighted by Gasteiger charge is -2.02. The maximum absolute atomic E-state index is 11.9. The van der Waals surface area contributed by atoms with Crippen LogP contribution in [0, 0.1) is 6.92 Å². The van der Waals surface area contributed by atoms with Gasteiger partial charge in [0, 0.05) is 0 Å². The van der Waals surface area contributed by atoms with Gasteiger partial charge in [-0.1, -0.05) is 0 Å². The van der Waals surface area contributed by atoms with E-state index < -0.39 is 6.67 Å². The Balaban J connectivity index is 3.18. The molecule has 0 radical (unpaired) electrons. The standard InChI is InChI=1S/C7H8BrFN2O/c1-5-6(8)7(12)11(3-2-9)4-10-5/h4H,2-3H2,1H3. The molecule has 0 aromatic carbocycles. The highest BCUT2D eigenvalue weighted by molar-refractivity contribution is 9.10. The summed E-state index contributed by atoms with van der Waals surface area (Å²) in [5, 5.41) is 0. The van der Waals surface area contributed by atoms with Gasteiger partial charge < -0.3 is 0 Å². The van der Waals surface area contributed by atoms with Crippen LogP contribution >= 0.6 is 15.9 Å². The van der Waals surface area contributed by atoms with Gasteiger partial charge in [-0.25, -0.2) is 9.37 Å². The molecule has 0 N–H and O–H groups in total. The van der Waals surface area contributed by atoms with E-state index in [9.17, 15) is 9.18 Å². The van der Waals surface area contributed by atoms with Gasteiger partial charge in [0.25, 0.3) is 5.56 Å². The van der Waals surface area contributed by atoms with Crippen molar-refractivity contribution >= 4 is 15.9 Å². The second kappa shape index (κ2) is 3.80. The smallest absolute Gasteiger partial charge is 0.267 e. The fourth-order valence-corrected chi connectivity index (χ4v) is 1.13. The van der Waals surface area contributed by atoms with Gasteiger partial charge >= 0.3 is 0 Å². The lowest BCUT2D eigenvalue weighted by molar-refractivity contribution is 0.437. The molecule has 66 valence electrons. The lowest BCUT2D eigenvalue weighted by Crippen LogP contribution is -2.22. The van der Waals surface area contributed by atoms with Crippen molar-refractivity contribution in [3.05, 3.63) is 26.8 Å². The van der Waals surface area contributed by atoms with Gasteiger partial charge in [0.2, 0.25) is 0 Å². The molecule has 1 aromatic rings. The summed E-state index contributed by atoms with van der Waals surface area (Å²) < 4.78 is 13.5. The van der Waals surface area contributed by atoms with Crippen LogP contribution in [-0.4, -0.2) is 16.2 Å². The molecule has 0 aliphatic carbocycles. The lowest BCUT2D eigenvalue weighted by atomic mass is 10.4. The number of hydrogen-bond donors (Lipinski definition) is 0. The van der Waals surface area contributed by atoms with E-state index >= 15 is 0 Å². The van der Waals surface area contributed by atoms with Crippen LogP contribution in [0.5, 0.6) is 0 Å². The van der Waals surface area contributed by atoms with Crippen LogP contribution in [0.1, 0.15) is 5.69 Å². The molecule has 0 spiro atoms. The fraction of sp³-hybridized carbons (Fsp3) is 0.429. The van der Waals surface area contributed by atoms with Crippen molar-refractivity contribution in [3.63, 3.8) is 0 Å². The first-order valence-electron chi connectivity index (χ1n) is 3.44. The Labute approximate surface area is 77.4 Å². The summed E-state index contributed by atoms with van der Waals surface area (Å²) in [7, 11) is 0. The zero-order valence-electron chi connectivity index (χ0n) is 6.55. The van der Waals surface area contributed by atoms with Crippen LogP contribution in [0.2, 0.25) is 0 Å². The molecule has 12 heavy (non-hydrogen) atoms. The molecule has 0 unspecified atom stereocenters. The molecule has 0 aliphatic heterocycles. The molecule has 0 saturated heterocycles. The number of alkyl halides is 1. The van der Waals surface area contributed by atoms with E-state index in [2.05, 4.69) is 20.9 Å². The first-order chi connectivity index (χ1) is 5.66. The van der Waals surface area contributed by atoms with Crippen LogP contribution in [0.3, 0.4) is 0 Å². The van der Waals surface area contributed by atoms with Crippen molar-refractivity contribution in [1.82, 2.24) is 9.55 Å². The SMILES string of the molecule is Cc1ncn(CCF)c(=O)c1Br. The van der Waals surface area contributed by atoms with Crippen LogP contribution in [0.15, 0.2) is 15.6 Å². The molecule has 0 fully saturated rings. The highest BCUT2D eigenvalue weighted by atomic mass is 79.9. The number of hydrogen-bond acceptors (Lipinski definition) is 2. The first kappa shape index (κ1) is 9.38. The second-order valence-corrected chi connectivity index (χ2v) is 3.12. The third kappa shape index (κ3) is 1.72. The predicted octanol–water partition coefficient (Wildman–Crippen LogP) is 1.28. The van der Waals surface area contributed by atoms with Crippen LogP contribution in [0.25, 0.3) is 0 Å². The normalized spacial score (nSPS) is 10.2. The third-order valence-electron chi connectivity index (χ3n) is 1.48. The van der Waals surface area contributed by atoms with Crippen LogP contribution in [-0.2, 0) is 6.54 Å². The Morgan fingerprint density at radius 3 is 3.00 bits per heavy atom. The Morgan fingerprint density at radius 1 is 1.75 bits per heavy atom. The number of aryl methyl sites for hydroxylation is 2. The van der Waals surface area contributed by atoms with Gasteiger partial charge in [-0.15, -0.1) is 0 Å². The molecule has 1 rings (SSSR count). The van der Waals surface area contributed by atoms with Gasteiger partial charge in [-0.05, 0) is 22.9 Å². The maximum atomic E-state index is 11.9. The van der Waals surface area contributed by atoms with E-state index in [0.717, 1.165) is 0 Å². The van der Waals surface area contributed by atoms with Crippen LogP contribution in [0.4, 0.5) is 4.39 Å². The van der Waals surface area contributed by atoms with E-state index in [0.29, 0.717) is 10.2 Å². The summed E-state index contributed by atoms with van der Waals surface area (Å²) in [6, 6.07) is 0. The van der Waals surface area contributed by atoms with Crippen molar-refractivity contribution in [2.75, 3.05) is 6.67 Å². The monoisotopic (exact) mass is 234 g/mol. The molecule has 5 heteroatoms. The van der Waals surface area contributed by atoms with Crippen molar-refractivity contribution < 1.29 is 4.39 Å². The molecular formula is C7H8BrFN2O. The van der Waals surface area contributed by atoms with E-state index in [1.54, 1.807) is 6.92 Å². The minimum atomic E-state index is -0.558. The van der Waals surface area contributed by atoms with Gasteiger partial charge in [0.05, 0.1) is 18.6 Å². The van der Waals surface area contributed by atoms with Gasteiger partial charge in [-0.2, -0.15) is 0 Å². The highest BCUT2D eigenvalue weighted by Gasteiger charge is 2.03. The molecule has 0 amide bonds. The number of halogens is 2. The molecule has 0 saturated carbocycles. The third-order valence-corrected chi connectivity index (χ3v) is 2.40. The quantitative estimate of drug-likeness (QED) is 0.773. The summed E-state index contributed by atoms with van der Waals surface area (Å²) in [6.45, 7) is 1.22. The Bertz CT molecular complexity index is 337. The minimum Gasteiger partial charge on any atom is -0.296 e. The average Bonchev–Trinajstić information content (AvgIpc) is 2.07. The Hall–Kier alpha value is -0.710. The minimum absolute atomic E-state index is 0.0602. The van der Waals surface area contributed by atoms with E-state index in [-0.39, 0.29) is 12.1 Å². The van der Waals surface area contributed by atoms with Gasteiger partial charge in [-0.3, -0.25) is 9.36 Å². The zero-order chi connectivity index (χ0) is 9.14. The first-order valence-corrected chi connectivity index (χ1v) is 4.23. The summed E-state index contributed by atoms with van der Waals surface area (Å²) in [6.07, 6.45) is 1.35. The van der Waals surface area contributed by atoms with E-state index in [4.69, 9.17) is 0 Å². The number of nitrogens with zero attached hydrogens (tertiary/aromatic N) is 2. The largest absolute Gasteiger partial charge is 0.296 e. The Kier molecular flexibility index (Phi) is 2.97. The van der Waals surface area contributed by atoms with E-state index in [1.165, 1.54) is 10.9 Å². The van der Waals surface area contributed by atoms with E-state index in [1.807, 2.05) is 0 Å². The summed E-state index contributed by atoms with van der Waals surface area (Å²) in [4.78, 5) is 15.2. The van der Waals surface area contributed by atoms with Crippen molar-refractivity contribution in [1.29, 1.82) is 0 Å². The second-order valence-electron chi connectivity index (χ2n) is 2.33. The summed E-state index contributed by atoms with van der Waals surface area (Å²) in [5.74, 6) is 0. The molecular weight excluding hydrogens is 227 g/mol. The Morgan fingerprint density at radius 2 is 2.42 bits per heavy atom. The van der Waals surface area contributed by atoms with Gasteiger partial charge in [0.1, 0.15) is 11.1 Å². The molecule has 0 bridgehead atoms. The average molecular weight is 235 g/mol.